The molecule has 0 heterocycles. The minimum absolute atomic E-state index is 0.763. The fraction of sp³-hybridized carbons (Fsp3) is 0.750. The van der Waals surface area contributed by atoms with E-state index in [2.05, 4.69) is 34.9 Å². The van der Waals surface area contributed by atoms with E-state index in [-0.39, 0.29) is 0 Å². The van der Waals surface area contributed by atoms with Crippen LogP contribution >= 0.6 is 0 Å². The van der Waals surface area contributed by atoms with Crippen molar-refractivity contribution in [2.45, 2.75) is 83.6 Å². The number of nitrogens with two attached hydrogens (primary N) is 2. The van der Waals surface area contributed by atoms with Crippen LogP contribution in [0.15, 0.2) is 24.3 Å². The molecule has 0 fully saturated rings. The second kappa shape index (κ2) is 19.4. The summed E-state index contributed by atoms with van der Waals surface area (Å²) in [5, 5.41) is 7.00. The van der Waals surface area contributed by atoms with Crippen LogP contribution in [0, 0.1) is 0 Å². The molecule has 4 heteroatoms. The summed E-state index contributed by atoms with van der Waals surface area (Å²) in [7, 11) is 0. The summed E-state index contributed by atoms with van der Waals surface area (Å²) < 4.78 is 0. The van der Waals surface area contributed by atoms with Crippen molar-refractivity contribution >= 4 is 0 Å². The van der Waals surface area contributed by atoms with Crippen molar-refractivity contribution in [2.24, 2.45) is 11.5 Å². The highest BCUT2D eigenvalue weighted by Crippen LogP contribution is 2.11. The zero-order valence-electron chi connectivity index (χ0n) is 18.2. The largest absolute Gasteiger partial charge is 0.330 e. The van der Waals surface area contributed by atoms with Crippen LogP contribution in [-0.4, -0.2) is 32.7 Å². The molecule has 0 radical (unpaired) electrons. The van der Waals surface area contributed by atoms with E-state index in [4.69, 9.17) is 11.5 Å². The quantitative estimate of drug-likeness (QED) is 0.253. The fourth-order valence-electron chi connectivity index (χ4n) is 3.44. The van der Waals surface area contributed by atoms with Gasteiger partial charge in [-0.05, 0) is 82.4 Å². The Morgan fingerprint density at radius 1 is 0.500 bits per heavy atom. The topological polar surface area (TPSA) is 76.1 Å². The van der Waals surface area contributed by atoms with Gasteiger partial charge in [-0.1, -0.05) is 62.8 Å². The summed E-state index contributed by atoms with van der Waals surface area (Å²) in [5.74, 6) is 0. The minimum Gasteiger partial charge on any atom is -0.330 e. The van der Waals surface area contributed by atoms with Crippen molar-refractivity contribution in [3.05, 3.63) is 35.4 Å². The maximum Gasteiger partial charge on any atom is 0.0205 e. The Kier molecular flexibility index (Phi) is 17.4. The summed E-state index contributed by atoms with van der Waals surface area (Å²) >= 11 is 0. The SMILES string of the molecule is NCCCCCCNCCCCCCCCc1ccc(CNCCCN)cc1. The van der Waals surface area contributed by atoms with Crippen LogP contribution in [0.2, 0.25) is 0 Å². The molecule has 28 heavy (non-hydrogen) atoms. The zero-order chi connectivity index (χ0) is 20.1. The molecule has 1 aromatic carbocycles. The monoisotopic (exact) mass is 390 g/mol. The van der Waals surface area contributed by atoms with Gasteiger partial charge in [0, 0.05) is 6.54 Å². The van der Waals surface area contributed by atoms with Crippen molar-refractivity contribution in [1.82, 2.24) is 10.6 Å². The Morgan fingerprint density at radius 2 is 1.00 bits per heavy atom. The normalized spacial score (nSPS) is 11.2. The number of hydrogen-bond acceptors (Lipinski definition) is 4. The standard InChI is InChI=1S/C24H46N4/c25-17-8-4-6-10-20-27-19-9-5-2-1-3-7-12-23-13-15-24(16-14-23)22-28-21-11-18-26/h13-16,27-28H,1-12,17-22,25-26H2. The number of unbranched alkanes of at least 4 members (excludes halogenated alkanes) is 8. The lowest BCUT2D eigenvalue weighted by atomic mass is 10.0. The molecule has 0 saturated carbocycles. The van der Waals surface area contributed by atoms with Gasteiger partial charge in [-0.15, -0.1) is 0 Å². The second-order valence-corrected chi connectivity index (χ2v) is 7.96. The van der Waals surface area contributed by atoms with E-state index in [1.54, 1.807) is 0 Å². The van der Waals surface area contributed by atoms with E-state index in [0.29, 0.717) is 0 Å². The van der Waals surface area contributed by atoms with Crippen molar-refractivity contribution in [2.75, 3.05) is 32.7 Å². The molecule has 4 nitrogen and oxygen atoms in total. The van der Waals surface area contributed by atoms with Crippen LogP contribution in [-0.2, 0) is 13.0 Å². The highest BCUT2D eigenvalue weighted by Gasteiger charge is 1.97. The number of aryl methyl sites for hydroxylation is 1. The Balaban J connectivity index is 1.87. The third kappa shape index (κ3) is 15.0. The Hall–Kier alpha value is -0.940. The number of hydrogen-bond donors (Lipinski definition) is 4. The van der Waals surface area contributed by atoms with Gasteiger partial charge in [-0.25, -0.2) is 0 Å². The van der Waals surface area contributed by atoms with Gasteiger partial charge in [0.2, 0.25) is 0 Å². The maximum atomic E-state index is 5.51. The molecular weight excluding hydrogens is 344 g/mol. The maximum absolute atomic E-state index is 5.51. The summed E-state index contributed by atoms with van der Waals surface area (Å²) in [6.45, 7) is 5.91. The van der Waals surface area contributed by atoms with Gasteiger partial charge >= 0.3 is 0 Å². The van der Waals surface area contributed by atoms with Gasteiger partial charge in [0.05, 0.1) is 0 Å². The van der Waals surface area contributed by atoms with Gasteiger partial charge in [0.1, 0.15) is 0 Å². The third-order valence-electron chi connectivity index (χ3n) is 5.29. The lowest BCUT2D eigenvalue weighted by molar-refractivity contribution is 0.546. The zero-order valence-corrected chi connectivity index (χ0v) is 18.2. The first-order valence-electron chi connectivity index (χ1n) is 11.8. The van der Waals surface area contributed by atoms with Gasteiger partial charge in [0.25, 0.3) is 0 Å². The van der Waals surface area contributed by atoms with Crippen LogP contribution in [0.5, 0.6) is 0 Å². The summed E-state index contributed by atoms with van der Waals surface area (Å²) in [4.78, 5) is 0. The second-order valence-electron chi connectivity index (χ2n) is 7.96. The number of benzene rings is 1. The summed E-state index contributed by atoms with van der Waals surface area (Å²) in [6, 6.07) is 9.11. The molecule has 0 spiro atoms. The highest BCUT2D eigenvalue weighted by molar-refractivity contribution is 5.22. The van der Waals surface area contributed by atoms with Gasteiger partial charge in [-0.2, -0.15) is 0 Å². The fourth-order valence-corrected chi connectivity index (χ4v) is 3.44. The van der Waals surface area contributed by atoms with E-state index in [1.165, 1.54) is 94.8 Å². The van der Waals surface area contributed by atoms with Gasteiger partial charge < -0.3 is 22.1 Å². The van der Waals surface area contributed by atoms with Crippen molar-refractivity contribution in [3.8, 4) is 0 Å². The van der Waals surface area contributed by atoms with E-state index < -0.39 is 0 Å². The van der Waals surface area contributed by atoms with Crippen molar-refractivity contribution in [1.29, 1.82) is 0 Å². The van der Waals surface area contributed by atoms with Crippen molar-refractivity contribution in [3.63, 3.8) is 0 Å². The smallest absolute Gasteiger partial charge is 0.0205 e. The van der Waals surface area contributed by atoms with Crippen LogP contribution in [0.25, 0.3) is 0 Å². The molecule has 1 aromatic rings. The van der Waals surface area contributed by atoms with Crippen LogP contribution in [0.4, 0.5) is 0 Å². The molecule has 162 valence electrons. The van der Waals surface area contributed by atoms with Crippen molar-refractivity contribution < 1.29 is 0 Å². The third-order valence-corrected chi connectivity index (χ3v) is 5.29. The van der Waals surface area contributed by atoms with E-state index >= 15 is 0 Å². The molecule has 0 aliphatic rings. The average Bonchev–Trinajstić information content (AvgIpc) is 2.72. The predicted molar refractivity (Wildman–Crippen MR) is 124 cm³/mol. The molecular formula is C24H46N4. The van der Waals surface area contributed by atoms with E-state index in [9.17, 15) is 0 Å². The molecule has 1 rings (SSSR count). The minimum atomic E-state index is 0.763. The van der Waals surface area contributed by atoms with E-state index in [1.807, 2.05) is 0 Å². The summed E-state index contributed by atoms with van der Waals surface area (Å²) in [6.07, 6.45) is 15.5. The highest BCUT2D eigenvalue weighted by atomic mass is 14.8. The van der Waals surface area contributed by atoms with Crippen LogP contribution in [0.1, 0.15) is 81.8 Å². The summed E-state index contributed by atoms with van der Waals surface area (Å²) in [5.41, 5.74) is 13.9. The van der Waals surface area contributed by atoms with Gasteiger partial charge in [-0.3, -0.25) is 0 Å². The van der Waals surface area contributed by atoms with Gasteiger partial charge in [0.15, 0.2) is 0 Å². The molecule has 0 atom stereocenters. The molecule has 0 amide bonds. The average molecular weight is 391 g/mol. The number of rotatable bonds is 20. The Morgan fingerprint density at radius 3 is 1.64 bits per heavy atom. The molecule has 0 aromatic heterocycles. The Bertz CT molecular complexity index is 433. The molecule has 0 aliphatic carbocycles. The van der Waals surface area contributed by atoms with E-state index in [0.717, 1.165) is 32.6 Å². The molecule has 0 unspecified atom stereocenters. The first-order chi connectivity index (χ1) is 13.9. The first kappa shape index (κ1) is 25.1. The number of nitrogens with one attached hydrogen (secondary N) is 2. The molecule has 0 aliphatic heterocycles. The predicted octanol–water partition coefficient (Wildman–Crippen LogP) is 4.12. The molecule has 6 N–H and O–H groups in total. The lowest BCUT2D eigenvalue weighted by Gasteiger charge is -2.07. The van der Waals surface area contributed by atoms with Crippen LogP contribution < -0.4 is 22.1 Å². The molecule has 0 bridgehead atoms. The van der Waals surface area contributed by atoms with Crippen LogP contribution in [0.3, 0.4) is 0 Å². The Labute approximate surface area is 174 Å². The lowest BCUT2D eigenvalue weighted by Crippen LogP contribution is -2.17. The first-order valence-corrected chi connectivity index (χ1v) is 11.8. The molecule has 0 saturated heterocycles.